The quantitative estimate of drug-likeness (QED) is 0.832. The first kappa shape index (κ1) is 3.45. The summed E-state index contributed by atoms with van der Waals surface area (Å²) in [5.74, 6) is -0.807. The van der Waals surface area contributed by atoms with Crippen molar-refractivity contribution in [2.45, 2.75) is 18.8 Å². The molecule has 1 aliphatic heterocycles. The van der Waals surface area contributed by atoms with Crippen molar-refractivity contribution in [3.05, 3.63) is 18.5 Å². The number of hydrogen-bond donors (Lipinski definition) is 2. The van der Waals surface area contributed by atoms with E-state index in [-0.39, 0.29) is 15.9 Å². The van der Waals surface area contributed by atoms with E-state index in [1.807, 2.05) is 0 Å². The molecule has 17 heavy (non-hydrogen) atoms. The number of anilines is 1. The molecule has 5 nitrogen and oxygen atoms in total. The van der Waals surface area contributed by atoms with Crippen LogP contribution in [0.5, 0.6) is 0 Å². The van der Waals surface area contributed by atoms with E-state index < -0.39 is 55.3 Å². The fourth-order valence-corrected chi connectivity index (χ4v) is 1.37. The minimum atomic E-state index is -3.52. The van der Waals surface area contributed by atoms with Gasteiger partial charge in [-0.25, -0.2) is 9.97 Å². The summed E-state index contributed by atoms with van der Waals surface area (Å²) in [4.78, 5) is 7.88. The highest BCUT2D eigenvalue weighted by atomic mass is 15.2. The first-order chi connectivity index (χ1) is 13.4. The minimum absolute atomic E-state index is 0.0103. The van der Waals surface area contributed by atoms with Crippen LogP contribution in [0.1, 0.15) is 27.8 Å². The van der Waals surface area contributed by atoms with Crippen LogP contribution in [-0.2, 0) is 0 Å². The molecular formula is C12H17N5. The lowest BCUT2D eigenvalue weighted by Gasteiger charge is -2.32. The van der Waals surface area contributed by atoms with Crippen molar-refractivity contribution in [3.8, 4) is 0 Å². The molecule has 2 aromatic rings. The summed E-state index contributed by atoms with van der Waals surface area (Å²) in [5.41, 5.74) is -0.358. The number of aromatic nitrogens is 3. The summed E-state index contributed by atoms with van der Waals surface area (Å²) < 4.78 is 106. The second-order valence-corrected chi connectivity index (χ2v) is 3.13. The van der Waals surface area contributed by atoms with Crippen LogP contribution in [0.25, 0.3) is 11.0 Å². The van der Waals surface area contributed by atoms with E-state index in [0.717, 1.165) is 13.2 Å². The first-order valence-corrected chi connectivity index (χ1v) is 4.76. The average Bonchev–Trinajstić information content (AvgIpc) is 2.85. The number of H-pyrrole nitrogens is 1. The Bertz CT molecular complexity index is 988. The molecule has 0 unspecified atom stereocenters. The molecule has 5 heteroatoms. The Kier molecular flexibility index (Phi) is 0.878. The Balaban J connectivity index is 2.47. The van der Waals surface area contributed by atoms with Gasteiger partial charge in [0, 0.05) is 37.5 Å². The van der Waals surface area contributed by atoms with E-state index in [1.54, 1.807) is 0 Å². The van der Waals surface area contributed by atoms with Crippen molar-refractivity contribution in [2.24, 2.45) is 0 Å². The van der Waals surface area contributed by atoms with Crippen LogP contribution in [0.4, 0.5) is 5.82 Å². The van der Waals surface area contributed by atoms with Gasteiger partial charge in [-0.15, -0.1) is 0 Å². The highest BCUT2D eigenvalue weighted by Gasteiger charge is 2.20. The fourth-order valence-electron chi connectivity index (χ4n) is 1.37. The summed E-state index contributed by atoms with van der Waals surface area (Å²) in [6, 6.07) is -3.80. The van der Waals surface area contributed by atoms with Crippen molar-refractivity contribution in [1.29, 1.82) is 0 Å². The standard InChI is InChI=1S/C12H17N5/c1-13-9-3-6-17(7-4-9)12-10-2-5-14-11(10)15-8-16-12/h2,5,8-9,13H,3-4,6-7H2,1H3,(H,14,15,16)/i2D,3D2,4D2,6D2,7D2,8D,9D/hD2. The van der Waals surface area contributed by atoms with E-state index >= 15 is 0 Å². The maximum atomic E-state index is 8.37. The molecule has 1 aliphatic rings. The minimum Gasteiger partial charge on any atom is -0.356 e. The summed E-state index contributed by atoms with van der Waals surface area (Å²) in [6.45, 7) is -6.97. The van der Waals surface area contributed by atoms with Crippen LogP contribution in [0, 0.1) is 0 Å². The molecule has 0 atom stereocenters. The SMILES string of the molecule is [2H]c1nc(N2C([2H])([2H])C([2H])([2H])C([2H])(N([2H])C)C([2H])([2H])C2([2H])[2H])c2c([2H])cn([2H])c2n1. The Morgan fingerprint density at radius 2 is 2.53 bits per heavy atom. The molecule has 0 radical (unpaired) electrons. The van der Waals surface area contributed by atoms with Crippen molar-refractivity contribution in [2.75, 3.05) is 24.9 Å². The molecule has 3 heterocycles. The zero-order chi connectivity index (χ0) is 23.2. The smallest absolute Gasteiger partial charge is 0.167 e. The monoisotopic (exact) mass is 244 g/mol. The Morgan fingerprint density at radius 3 is 3.29 bits per heavy atom. The predicted octanol–water partition coefficient (Wildman–Crippen LogP) is 1.15. The molecule has 0 spiro atoms. The highest BCUT2D eigenvalue weighted by Crippen LogP contribution is 2.24. The van der Waals surface area contributed by atoms with E-state index in [0.29, 0.717) is 4.98 Å². The van der Waals surface area contributed by atoms with E-state index in [2.05, 4.69) is 9.97 Å². The van der Waals surface area contributed by atoms with Crippen LogP contribution < -0.4 is 10.2 Å². The number of fused-ring (bicyclic) bond motifs is 1. The molecule has 1 saturated heterocycles. The number of aromatic amines is 1. The van der Waals surface area contributed by atoms with Crippen LogP contribution in [-0.4, -0.2) is 41.0 Å². The van der Waals surface area contributed by atoms with Crippen molar-refractivity contribution >= 4 is 16.9 Å². The molecule has 2 aromatic heterocycles. The largest absolute Gasteiger partial charge is 0.356 e. The Labute approximate surface area is 119 Å². The van der Waals surface area contributed by atoms with Gasteiger partial charge in [0.2, 0.25) is 0 Å². The van der Waals surface area contributed by atoms with Crippen LogP contribution >= 0.6 is 0 Å². The third-order valence-electron chi connectivity index (χ3n) is 2.16. The first-order valence-electron chi connectivity index (χ1n) is 11.2. The van der Waals surface area contributed by atoms with Crippen LogP contribution in [0.15, 0.2) is 18.5 Å². The molecular weight excluding hydrogens is 214 g/mol. The number of nitrogens with zero attached hydrogens (tertiary/aromatic N) is 3. The van der Waals surface area contributed by atoms with Gasteiger partial charge >= 0.3 is 0 Å². The van der Waals surface area contributed by atoms with Gasteiger partial charge in [0.15, 0.2) is 1.41 Å². The van der Waals surface area contributed by atoms with Gasteiger partial charge in [0.1, 0.15) is 20.6 Å². The van der Waals surface area contributed by atoms with Crippen molar-refractivity contribution in [3.63, 3.8) is 0 Å². The molecule has 0 aromatic carbocycles. The van der Waals surface area contributed by atoms with Gasteiger partial charge < -0.3 is 15.2 Å². The summed E-state index contributed by atoms with van der Waals surface area (Å²) in [5, 5.41) is -0.362. The lowest BCUT2D eigenvalue weighted by atomic mass is 10.1. The molecule has 0 amide bonds. The molecule has 1 fully saturated rings. The zero-order valence-corrected chi connectivity index (χ0v) is 8.81. The number of hydrogen-bond acceptors (Lipinski definition) is 4. The molecule has 90 valence electrons. The normalized spacial score (nSPS) is 42.9. The lowest BCUT2D eigenvalue weighted by molar-refractivity contribution is 0.441. The summed E-state index contributed by atoms with van der Waals surface area (Å²) in [7, 11) is 0.817. The molecule has 0 aliphatic carbocycles. The number of nitrogens with one attached hydrogen (secondary N) is 2. The highest BCUT2D eigenvalue weighted by molar-refractivity contribution is 5.87. The molecule has 0 saturated carbocycles. The van der Waals surface area contributed by atoms with Gasteiger partial charge in [-0.3, -0.25) is 0 Å². The van der Waals surface area contributed by atoms with E-state index in [9.17, 15) is 0 Å². The predicted molar refractivity (Wildman–Crippen MR) is 68.2 cm³/mol. The average molecular weight is 244 g/mol. The third kappa shape index (κ3) is 1.86. The van der Waals surface area contributed by atoms with Crippen molar-refractivity contribution in [1.82, 2.24) is 20.3 Å². The summed E-state index contributed by atoms with van der Waals surface area (Å²) in [6.07, 6.45) is -6.90. The van der Waals surface area contributed by atoms with Crippen LogP contribution in [0.3, 0.4) is 0 Å². The Morgan fingerprint density at radius 1 is 1.71 bits per heavy atom. The van der Waals surface area contributed by atoms with Crippen LogP contribution in [0.2, 0.25) is 2.82 Å². The molecule has 2 N–H and O–H groups in total. The Hall–Kier alpha value is -1.62. The second kappa shape index (κ2) is 4.33. The van der Waals surface area contributed by atoms with Gasteiger partial charge in [0.25, 0.3) is 0 Å². The maximum Gasteiger partial charge on any atom is 0.167 e. The molecule has 0 bridgehead atoms. The van der Waals surface area contributed by atoms with E-state index in [4.69, 9.17) is 17.9 Å². The fraction of sp³-hybridized carbons (Fsp3) is 0.500. The number of piperidine rings is 1. The topological polar surface area (TPSA) is 56.8 Å². The van der Waals surface area contributed by atoms with Gasteiger partial charge in [-0.1, -0.05) is 0 Å². The zero-order valence-electron chi connectivity index (χ0n) is 21.8. The van der Waals surface area contributed by atoms with Gasteiger partial charge in [-0.05, 0) is 25.8 Å². The lowest BCUT2D eigenvalue weighted by Crippen LogP contribution is -2.41. The van der Waals surface area contributed by atoms with E-state index in [1.165, 1.54) is 0 Å². The molecule has 3 rings (SSSR count). The van der Waals surface area contributed by atoms with Gasteiger partial charge in [0.05, 0.1) is 6.76 Å². The second-order valence-electron chi connectivity index (χ2n) is 3.13. The summed E-state index contributed by atoms with van der Waals surface area (Å²) >= 11 is 0. The third-order valence-corrected chi connectivity index (χ3v) is 2.16. The maximum absolute atomic E-state index is 8.37. The van der Waals surface area contributed by atoms with Gasteiger partial charge in [-0.2, -0.15) is 0 Å². The van der Waals surface area contributed by atoms with Crippen molar-refractivity contribution < 1.29 is 17.9 Å². The number of rotatable bonds is 2.